The molecule has 2 saturated heterocycles. The van der Waals surface area contributed by atoms with E-state index in [0.717, 1.165) is 70.8 Å². The van der Waals surface area contributed by atoms with Crippen LogP contribution in [0.2, 0.25) is 0 Å². The van der Waals surface area contributed by atoms with Gasteiger partial charge in [-0.3, -0.25) is 29.0 Å². The summed E-state index contributed by atoms with van der Waals surface area (Å²) in [6.45, 7) is 5.42. The zero-order valence-electron chi connectivity index (χ0n) is 39.9. The van der Waals surface area contributed by atoms with Gasteiger partial charge in [0.1, 0.15) is 41.9 Å². The predicted octanol–water partition coefficient (Wildman–Crippen LogP) is 1.16. The number of methoxy groups -OCH3 is 1. The molecule has 0 spiro atoms. The van der Waals surface area contributed by atoms with E-state index in [4.69, 9.17) is 24.7 Å². The van der Waals surface area contributed by atoms with Crippen molar-refractivity contribution < 1.29 is 68.1 Å². The third-order valence-electron chi connectivity index (χ3n) is 12.3. The number of amides is 5. The average Bonchev–Trinajstić information content (AvgIpc) is 3.92. The number of imide groups is 1. The maximum atomic E-state index is 13.3. The standard InChI is InChI=1S/C48H60N10O14/c1-3-4-5-15-51-44-39-31(53-47(49)54-44)13-17-57(39)26-30-8-6-28(24-34(30)69-2)25-55-19-21-56(22-20-55)48(68)70-27-29-7-9-33(71-46-42(65)40(63)41(64)43(72-46)45(66)67)32(23-29)52-36(60)12-16-50-35(59)14-18-58-37(61)10-11-38(58)62/h6-11,13,17,23-24,40-43,46,63-65H,3-5,12,14-16,18-22,25-27H2,1-2H3,(H,50,59)(H,52,60)(H,66,67)(H3,49,51,53,54)/t40-,41-,42+,43-,46+/m0/s1. The number of unbranched alkanes of at least 4 members (excludes halogenated alkanes) is 2. The van der Waals surface area contributed by atoms with Crippen molar-refractivity contribution in [1.82, 2.24) is 34.6 Å². The van der Waals surface area contributed by atoms with E-state index < -0.39 is 66.4 Å². The summed E-state index contributed by atoms with van der Waals surface area (Å²) in [4.78, 5) is 87.8. The van der Waals surface area contributed by atoms with Crippen LogP contribution in [-0.2, 0) is 53.1 Å². The molecule has 24 heteroatoms. The number of anilines is 3. The molecular weight excluding hydrogens is 941 g/mol. The molecular formula is C48H60N10O14. The summed E-state index contributed by atoms with van der Waals surface area (Å²) in [5.74, 6) is -2.37. The Hall–Kier alpha value is -7.38. The lowest BCUT2D eigenvalue weighted by atomic mass is 9.99. The normalized spacial score (nSPS) is 20.2. The van der Waals surface area contributed by atoms with Crippen LogP contribution in [0, 0.1) is 0 Å². The number of hydrogen-bond donors (Lipinski definition) is 8. The third kappa shape index (κ3) is 13.1. The Morgan fingerprint density at radius 2 is 1.60 bits per heavy atom. The summed E-state index contributed by atoms with van der Waals surface area (Å²) >= 11 is 0. The number of fused-ring (bicyclic) bond motifs is 1. The van der Waals surface area contributed by atoms with E-state index >= 15 is 0 Å². The molecule has 24 nitrogen and oxygen atoms in total. The van der Waals surface area contributed by atoms with Crippen LogP contribution >= 0.6 is 0 Å². The molecule has 386 valence electrons. The van der Waals surface area contributed by atoms with Gasteiger partial charge in [0, 0.05) is 89.1 Å². The molecule has 4 aromatic rings. The number of carboxylic acids is 1. The highest BCUT2D eigenvalue weighted by Gasteiger charge is 2.48. The first kappa shape index (κ1) is 52.4. The smallest absolute Gasteiger partial charge is 0.410 e. The topological polar surface area (TPSA) is 323 Å². The predicted molar refractivity (Wildman–Crippen MR) is 257 cm³/mol. The number of aromatic nitrogens is 3. The molecule has 5 atom stereocenters. The Labute approximate surface area is 413 Å². The highest BCUT2D eigenvalue weighted by molar-refractivity contribution is 6.13. The van der Waals surface area contributed by atoms with Crippen molar-refractivity contribution in [2.45, 2.75) is 89.4 Å². The van der Waals surface area contributed by atoms with Crippen molar-refractivity contribution in [3.8, 4) is 11.5 Å². The number of nitrogens with two attached hydrogens (primary N) is 1. The molecule has 5 heterocycles. The maximum Gasteiger partial charge on any atom is 0.410 e. The van der Waals surface area contributed by atoms with Crippen LogP contribution in [0.15, 0.2) is 60.8 Å². The first-order chi connectivity index (χ1) is 34.6. The van der Waals surface area contributed by atoms with Crippen LogP contribution in [0.5, 0.6) is 11.5 Å². The zero-order valence-corrected chi connectivity index (χ0v) is 39.9. The molecule has 0 radical (unpaired) electrons. The van der Waals surface area contributed by atoms with Gasteiger partial charge in [0.05, 0.1) is 24.9 Å². The lowest BCUT2D eigenvalue weighted by Gasteiger charge is -2.38. The van der Waals surface area contributed by atoms with Crippen molar-refractivity contribution >= 4 is 64.2 Å². The minimum Gasteiger partial charge on any atom is -0.496 e. The number of piperazine rings is 1. The van der Waals surface area contributed by atoms with Crippen LogP contribution in [0.1, 0.15) is 55.7 Å². The number of carbonyl (C=O) groups excluding carboxylic acids is 5. The Kier molecular flexibility index (Phi) is 17.6. The fraction of sp³-hybridized carbons (Fsp3) is 0.458. The van der Waals surface area contributed by atoms with Crippen LogP contribution in [0.4, 0.5) is 22.2 Å². The van der Waals surface area contributed by atoms with Gasteiger partial charge in [0.25, 0.3) is 11.8 Å². The molecule has 5 amide bonds. The Morgan fingerprint density at radius 1 is 0.847 bits per heavy atom. The molecule has 0 aliphatic carbocycles. The number of carbonyl (C=O) groups is 6. The summed E-state index contributed by atoms with van der Waals surface area (Å²) in [5, 5.41) is 49.2. The number of aliphatic hydroxyl groups is 3. The summed E-state index contributed by atoms with van der Waals surface area (Å²) in [6, 6.07) is 12.3. The van der Waals surface area contributed by atoms with Crippen molar-refractivity contribution in [2.24, 2.45) is 0 Å². The van der Waals surface area contributed by atoms with Gasteiger partial charge < -0.3 is 70.5 Å². The van der Waals surface area contributed by atoms with Gasteiger partial charge in [0.2, 0.25) is 24.1 Å². The van der Waals surface area contributed by atoms with Gasteiger partial charge in [-0.2, -0.15) is 4.98 Å². The summed E-state index contributed by atoms with van der Waals surface area (Å²) in [5.41, 5.74) is 9.99. The highest BCUT2D eigenvalue weighted by atomic mass is 16.7. The summed E-state index contributed by atoms with van der Waals surface area (Å²) in [7, 11) is 1.64. The number of hydrogen-bond acceptors (Lipinski definition) is 18. The molecule has 0 unspecified atom stereocenters. The van der Waals surface area contributed by atoms with Gasteiger partial charge in [-0.05, 0) is 41.8 Å². The molecule has 2 fully saturated rings. The number of rotatable bonds is 22. The molecule has 7 rings (SSSR count). The average molecular weight is 1000 g/mol. The van der Waals surface area contributed by atoms with Crippen molar-refractivity contribution in [2.75, 3.05) is 69.3 Å². The molecule has 72 heavy (non-hydrogen) atoms. The highest BCUT2D eigenvalue weighted by Crippen LogP contribution is 2.32. The van der Waals surface area contributed by atoms with Crippen molar-refractivity contribution in [3.05, 3.63) is 77.5 Å². The number of ether oxygens (including phenoxy) is 4. The zero-order chi connectivity index (χ0) is 51.5. The van der Waals surface area contributed by atoms with Gasteiger partial charge in [0.15, 0.2) is 11.9 Å². The Balaban J connectivity index is 0.931. The lowest BCUT2D eigenvalue weighted by Crippen LogP contribution is -2.61. The number of benzene rings is 2. The number of nitrogen functional groups attached to an aromatic ring is 1. The Morgan fingerprint density at radius 3 is 2.32 bits per heavy atom. The van der Waals surface area contributed by atoms with Crippen LogP contribution < -0.4 is 31.2 Å². The fourth-order valence-corrected chi connectivity index (χ4v) is 8.37. The number of aliphatic carboxylic acids is 1. The van der Waals surface area contributed by atoms with Gasteiger partial charge in [-0.15, -0.1) is 0 Å². The van der Waals surface area contributed by atoms with Crippen molar-refractivity contribution in [1.29, 1.82) is 0 Å². The van der Waals surface area contributed by atoms with E-state index in [0.29, 0.717) is 50.6 Å². The number of aliphatic hydroxyl groups excluding tert-OH is 3. The largest absolute Gasteiger partial charge is 0.496 e. The monoisotopic (exact) mass is 1000 g/mol. The molecule has 2 aromatic heterocycles. The number of carboxylic acid groups (broad SMARTS) is 1. The van der Waals surface area contributed by atoms with Crippen LogP contribution in [-0.4, -0.2) is 169 Å². The summed E-state index contributed by atoms with van der Waals surface area (Å²) < 4.78 is 24.6. The van der Waals surface area contributed by atoms with Gasteiger partial charge in [-0.1, -0.05) is 38.0 Å². The maximum absolute atomic E-state index is 13.3. The molecule has 9 N–H and O–H groups in total. The Bertz CT molecular complexity index is 2640. The molecule has 0 bridgehead atoms. The number of nitrogens with one attached hydrogen (secondary N) is 3. The quantitative estimate of drug-likeness (QED) is 0.0404. The van der Waals surface area contributed by atoms with Gasteiger partial charge in [-0.25, -0.2) is 14.6 Å². The van der Waals surface area contributed by atoms with E-state index in [1.165, 1.54) is 18.2 Å². The lowest BCUT2D eigenvalue weighted by molar-refractivity contribution is -0.271. The minimum atomic E-state index is -1.97. The molecule has 0 saturated carbocycles. The van der Waals surface area contributed by atoms with Crippen LogP contribution in [0.25, 0.3) is 11.0 Å². The summed E-state index contributed by atoms with van der Waals surface area (Å²) in [6.07, 6.45) is -3.24. The van der Waals surface area contributed by atoms with E-state index in [-0.39, 0.29) is 49.9 Å². The van der Waals surface area contributed by atoms with E-state index in [9.17, 15) is 49.2 Å². The van der Waals surface area contributed by atoms with E-state index in [2.05, 4.69) is 48.4 Å². The van der Waals surface area contributed by atoms with E-state index in [1.54, 1.807) is 12.0 Å². The second-order valence-corrected chi connectivity index (χ2v) is 17.4. The van der Waals surface area contributed by atoms with Gasteiger partial charge >= 0.3 is 12.1 Å². The first-order valence-electron chi connectivity index (χ1n) is 23.6. The van der Waals surface area contributed by atoms with Crippen LogP contribution in [0.3, 0.4) is 0 Å². The SMILES string of the molecule is CCCCCNc1nc(N)nc2ccn(Cc3ccc(CN4CCN(C(=O)OCc5ccc(O[C@@H]6O[C@H](C(=O)O)[C@@H](O)[C@H](O)[C@H]6O)c(NC(=O)CCNC(=O)CCN6C(=O)C=CC6=O)c5)CC4)cc3OC)c12. The van der Waals surface area contributed by atoms with Crippen molar-refractivity contribution in [3.63, 3.8) is 0 Å². The fourth-order valence-electron chi connectivity index (χ4n) is 8.37. The second kappa shape index (κ2) is 24.2. The third-order valence-corrected chi connectivity index (χ3v) is 12.3. The molecule has 3 aliphatic heterocycles. The second-order valence-electron chi connectivity index (χ2n) is 17.4. The number of nitrogens with zero attached hydrogens (tertiary/aromatic N) is 6. The molecule has 2 aromatic carbocycles. The first-order valence-corrected chi connectivity index (χ1v) is 23.6. The molecule has 3 aliphatic rings. The minimum absolute atomic E-state index is 0.0296. The van der Waals surface area contributed by atoms with E-state index in [1.807, 2.05) is 24.4 Å².